The molecule has 1 spiro atoms. The topological polar surface area (TPSA) is 93.2 Å². The van der Waals surface area contributed by atoms with Crippen LogP contribution in [0.2, 0.25) is 0 Å². The summed E-state index contributed by atoms with van der Waals surface area (Å²) in [5, 5.41) is 0.547. The summed E-state index contributed by atoms with van der Waals surface area (Å²) in [6.45, 7) is 5.93. The van der Waals surface area contributed by atoms with Crippen molar-refractivity contribution in [3.8, 4) is 0 Å². The summed E-state index contributed by atoms with van der Waals surface area (Å²) in [7, 11) is 0. The molecule has 160 valence electrons. The van der Waals surface area contributed by atoms with Gasteiger partial charge in [-0.1, -0.05) is 30.0 Å². The molecule has 0 N–H and O–H groups in total. The van der Waals surface area contributed by atoms with E-state index in [1.165, 1.54) is 12.1 Å². The van der Waals surface area contributed by atoms with Crippen molar-refractivity contribution < 1.29 is 28.8 Å². The normalized spacial score (nSPS) is 22.6. The van der Waals surface area contributed by atoms with E-state index in [0.29, 0.717) is 11.6 Å². The average Bonchev–Trinajstić information content (AvgIpc) is 3.36. The van der Waals surface area contributed by atoms with Gasteiger partial charge in [0.1, 0.15) is 5.60 Å². The molecule has 30 heavy (non-hydrogen) atoms. The minimum atomic E-state index is -0.655. The summed E-state index contributed by atoms with van der Waals surface area (Å²) in [5.74, 6) is -2.56. The third-order valence-electron chi connectivity index (χ3n) is 6.12. The van der Waals surface area contributed by atoms with Crippen molar-refractivity contribution in [3.05, 3.63) is 35.4 Å². The Kier molecular flexibility index (Phi) is 4.83. The monoisotopic (exact) mass is 414 g/mol. The first-order valence-electron chi connectivity index (χ1n) is 10.3. The average molecular weight is 414 g/mol. The number of hydroxylamine groups is 2. The molecule has 1 aliphatic carbocycles. The number of likely N-dealkylation sites (tertiary alicyclic amines) is 1. The van der Waals surface area contributed by atoms with E-state index in [1.807, 2.05) is 0 Å². The van der Waals surface area contributed by atoms with E-state index in [2.05, 4.69) is 0 Å². The van der Waals surface area contributed by atoms with Gasteiger partial charge in [-0.25, -0.2) is 9.59 Å². The number of amides is 3. The highest BCUT2D eigenvalue weighted by Gasteiger charge is 2.55. The number of imide groups is 1. The zero-order chi connectivity index (χ0) is 21.7. The molecule has 8 heteroatoms. The van der Waals surface area contributed by atoms with Gasteiger partial charge in [-0.3, -0.25) is 9.59 Å². The number of carbonyl (C=O) groups is 4. The summed E-state index contributed by atoms with van der Waals surface area (Å²) >= 11 is 0. The summed E-state index contributed by atoms with van der Waals surface area (Å²) in [4.78, 5) is 57.7. The van der Waals surface area contributed by atoms with Gasteiger partial charge in [0.25, 0.3) is 11.8 Å². The van der Waals surface area contributed by atoms with Gasteiger partial charge in [-0.15, -0.1) is 0 Å². The lowest BCUT2D eigenvalue weighted by atomic mass is 9.76. The van der Waals surface area contributed by atoms with E-state index in [9.17, 15) is 19.2 Å². The molecule has 1 saturated carbocycles. The summed E-state index contributed by atoms with van der Waals surface area (Å²) in [5.41, 5.74) is -0.619. The van der Waals surface area contributed by atoms with Gasteiger partial charge in [0.05, 0.1) is 17.0 Å². The molecule has 0 radical (unpaired) electrons. The molecule has 1 aromatic rings. The molecule has 0 bridgehead atoms. The fourth-order valence-corrected chi connectivity index (χ4v) is 4.75. The minimum absolute atomic E-state index is 0.150. The number of benzene rings is 1. The predicted molar refractivity (Wildman–Crippen MR) is 105 cm³/mol. The molecule has 1 aromatic carbocycles. The van der Waals surface area contributed by atoms with E-state index in [0.717, 1.165) is 25.7 Å². The second kappa shape index (κ2) is 7.11. The number of ether oxygens (including phenoxy) is 1. The van der Waals surface area contributed by atoms with Crippen LogP contribution in [0, 0.1) is 11.3 Å². The number of hydrogen-bond acceptors (Lipinski definition) is 6. The molecule has 3 aliphatic rings. The van der Waals surface area contributed by atoms with Crippen molar-refractivity contribution in [1.82, 2.24) is 9.96 Å². The van der Waals surface area contributed by atoms with E-state index in [1.54, 1.807) is 37.8 Å². The Balaban J connectivity index is 1.52. The van der Waals surface area contributed by atoms with Crippen LogP contribution in [0.4, 0.5) is 4.79 Å². The van der Waals surface area contributed by atoms with Crippen molar-refractivity contribution in [3.63, 3.8) is 0 Å². The highest BCUT2D eigenvalue weighted by atomic mass is 16.7. The van der Waals surface area contributed by atoms with Crippen molar-refractivity contribution in [2.24, 2.45) is 11.3 Å². The highest BCUT2D eigenvalue weighted by Crippen LogP contribution is 2.50. The van der Waals surface area contributed by atoms with Crippen LogP contribution >= 0.6 is 0 Å². The van der Waals surface area contributed by atoms with Gasteiger partial charge >= 0.3 is 12.1 Å². The molecular weight excluding hydrogens is 388 g/mol. The summed E-state index contributed by atoms with van der Waals surface area (Å²) in [6.07, 6.45) is 3.02. The van der Waals surface area contributed by atoms with Gasteiger partial charge in [0.15, 0.2) is 0 Å². The first kappa shape index (κ1) is 20.4. The maximum absolute atomic E-state index is 13.1. The Labute approximate surface area is 175 Å². The zero-order valence-corrected chi connectivity index (χ0v) is 17.5. The Morgan fingerprint density at radius 1 is 1.03 bits per heavy atom. The lowest BCUT2D eigenvalue weighted by Crippen LogP contribution is -2.40. The van der Waals surface area contributed by atoms with E-state index < -0.39 is 40.8 Å². The Morgan fingerprint density at radius 3 is 2.13 bits per heavy atom. The molecule has 0 aromatic heterocycles. The second-order valence-electron chi connectivity index (χ2n) is 9.34. The van der Waals surface area contributed by atoms with E-state index in [-0.39, 0.29) is 17.7 Å². The van der Waals surface area contributed by atoms with Gasteiger partial charge in [-0.2, -0.15) is 0 Å². The molecule has 4 rings (SSSR count). The van der Waals surface area contributed by atoms with Crippen LogP contribution in [-0.2, 0) is 14.4 Å². The van der Waals surface area contributed by atoms with Crippen molar-refractivity contribution >= 4 is 23.9 Å². The zero-order valence-electron chi connectivity index (χ0n) is 17.5. The summed E-state index contributed by atoms with van der Waals surface area (Å²) < 4.78 is 5.48. The first-order chi connectivity index (χ1) is 14.1. The summed E-state index contributed by atoms with van der Waals surface area (Å²) in [6, 6.07) is 6.36. The first-order valence-corrected chi connectivity index (χ1v) is 10.3. The molecule has 1 atom stereocenters. The molecule has 2 aliphatic heterocycles. The number of hydrogen-bond donors (Lipinski definition) is 0. The Bertz CT molecular complexity index is 877. The van der Waals surface area contributed by atoms with Crippen LogP contribution in [0.25, 0.3) is 0 Å². The van der Waals surface area contributed by atoms with Gasteiger partial charge in [0, 0.05) is 18.5 Å². The number of nitrogens with zero attached hydrogens (tertiary/aromatic N) is 2. The van der Waals surface area contributed by atoms with Gasteiger partial charge < -0.3 is 14.5 Å². The number of carbonyl (C=O) groups excluding carboxylic acids is 4. The second-order valence-corrected chi connectivity index (χ2v) is 9.34. The number of rotatable bonds is 2. The Morgan fingerprint density at radius 2 is 1.60 bits per heavy atom. The fourth-order valence-electron chi connectivity index (χ4n) is 4.75. The largest absolute Gasteiger partial charge is 0.444 e. The van der Waals surface area contributed by atoms with Crippen molar-refractivity contribution in [2.45, 2.75) is 52.1 Å². The van der Waals surface area contributed by atoms with Crippen LogP contribution in [0.1, 0.15) is 67.2 Å². The molecule has 1 saturated heterocycles. The predicted octanol–water partition coefficient (Wildman–Crippen LogP) is 3.17. The van der Waals surface area contributed by atoms with Crippen LogP contribution in [0.5, 0.6) is 0 Å². The van der Waals surface area contributed by atoms with E-state index in [4.69, 9.17) is 9.57 Å². The van der Waals surface area contributed by atoms with Crippen LogP contribution in [0.3, 0.4) is 0 Å². The van der Waals surface area contributed by atoms with Crippen LogP contribution < -0.4 is 0 Å². The molecule has 3 amide bonds. The van der Waals surface area contributed by atoms with Crippen molar-refractivity contribution in [1.29, 1.82) is 0 Å². The standard InChI is InChI=1S/C22H26N2O6/c1-21(2,3)29-20(28)23-12-16(22(13-23)10-6-7-11-22)19(27)30-24-17(25)14-8-4-5-9-15(14)18(24)26/h4-5,8-9,16H,6-7,10-13H2,1-3H3. The lowest BCUT2D eigenvalue weighted by molar-refractivity contribution is -0.176. The van der Waals surface area contributed by atoms with Crippen molar-refractivity contribution in [2.75, 3.05) is 13.1 Å². The Hall–Kier alpha value is -2.90. The van der Waals surface area contributed by atoms with Crippen LogP contribution in [-0.4, -0.2) is 52.5 Å². The molecular formula is C22H26N2O6. The third kappa shape index (κ3) is 3.44. The van der Waals surface area contributed by atoms with E-state index >= 15 is 0 Å². The molecule has 2 heterocycles. The lowest BCUT2D eigenvalue weighted by Gasteiger charge is -2.29. The molecule has 8 nitrogen and oxygen atoms in total. The smallest absolute Gasteiger partial charge is 0.410 e. The third-order valence-corrected chi connectivity index (χ3v) is 6.12. The highest BCUT2D eigenvalue weighted by molar-refractivity contribution is 6.20. The quantitative estimate of drug-likeness (QED) is 0.690. The fraction of sp³-hybridized carbons (Fsp3) is 0.545. The maximum Gasteiger partial charge on any atom is 0.410 e. The SMILES string of the molecule is CC(C)(C)OC(=O)N1CC(C(=O)ON2C(=O)c3ccccc3C2=O)C2(CCCC2)C1. The molecule has 2 fully saturated rings. The molecule has 1 unspecified atom stereocenters. The number of fused-ring (bicyclic) bond motifs is 1. The minimum Gasteiger partial charge on any atom is -0.444 e. The van der Waals surface area contributed by atoms with Gasteiger partial charge in [-0.05, 0) is 45.7 Å². The van der Waals surface area contributed by atoms with Crippen LogP contribution in [0.15, 0.2) is 24.3 Å². The van der Waals surface area contributed by atoms with Gasteiger partial charge in [0.2, 0.25) is 0 Å². The maximum atomic E-state index is 13.1.